The van der Waals surface area contributed by atoms with Crippen LogP contribution >= 0.6 is 0 Å². The molecule has 0 bridgehead atoms. The number of hydrogen-bond donors (Lipinski definition) is 0. The summed E-state index contributed by atoms with van der Waals surface area (Å²) in [6.07, 6.45) is -0.629. The van der Waals surface area contributed by atoms with Crippen molar-refractivity contribution in [2.45, 2.75) is 27.0 Å². The van der Waals surface area contributed by atoms with Crippen molar-refractivity contribution in [2.24, 2.45) is 11.2 Å². The van der Waals surface area contributed by atoms with Crippen LogP contribution < -0.4 is 0 Å². The van der Waals surface area contributed by atoms with E-state index in [4.69, 9.17) is 9.47 Å². The van der Waals surface area contributed by atoms with Gasteiger partial charge in [0, 0.05) is 20.0 Å². The summed E-state index contributed by atoms with van der Waals surface area (Å²) in [5.41, 5.74) is 0. The molecule has 0 saturated carbocycles. The van der Waals surface area contributed by atoms with Crippen LogP contribution in [0, 0.1) is 10.8 Å². The second-order valence-corrected chi connectivity index (χ2v) is 3.48. The van der Waals surface area contributed by atoms with Crippen LogP contribution in [0.25, 0.3) is 0 Å². The molecule has 15 heavy (non-hydrogen) atoms. The number of methoxy groups -OCH3 is 1. The lowest BCUT2D eigenvalue weighted by atomic mass is 10.2. The van der Waals surface area contributed by atoms with Crippen molar-refractivity contribution in [3.8, 4) is 0 Å². The summed E-state index contributed by atoms with van der Waals surface area (Å²) in [5, 5.41) is 4.00. The Balaban J connectivity index is 4.40. The molecule has 0 saturated heterocycles. The maximum absolute atomic E-state index is 10.8. The first-order chi connectivity index (χ1) is 7.02. The molecular weight excluding hydrogens is 200 g/mol. The minimum absolute atomic E-state index is 0.0107. The second kappa shape index (κ2) is 7.17. The van der Waals surface area contributed by atoms with E-state index in [9.17, 15) is 9.70 Å². The first-order valence-corrected chi connectivity index (χ1v) is 4.79. The third-order valence-corrected chi connectivity index (χ3v) is 1.78. The number of rotatable bonds is 7. The van der Waals surface area contributed by atoms with Gasteiger partial charge in [0.25, 0.3) is 0 Å². The molecule has 6 nitrogen and oxygen atoms in total. The molecule has 0 aromatic rings. The normalized spacial score (nSPS) is 12.3. The Morgan fingerprint density at radius 1 is 1.47 bits per heavy atom. The van der Waals surface area contributed by atoms with E-state index >= 15 is 0 Å². The van der Waals surface area contributed by atoms with Crippen LogP contribution in [0.1, 0.15) is 20.8 Å². The van der Waals surface area contributed by atoms with Crippen LogP contribution in [0.3, 0.4) is 0 Å². The summed E-state index contributed by atoms with van der Waals surface area (Å²) in [7, 11) is 1.53. The molecule has 0 spiro atoms. The number of nitrogens with zero attached hydrogens (tertiary/aromatic N) is 2. The molecular formula is C9H18N2O4. The number of hydrogen-bond acceptors (Lipinski definition) is 5. The Morgan fingerprint density at radius 2 is 2.07 bits per heavy atom. The lowest BCUT2D eigenvalue weighted by Gasteiger charge is -2.28. The third kappa shape index (κ3) is 5.31. The molecule has 0 aliphatic heterocycles. The van der Waals surface area contributed by atoms with E-state index in [1.165, 1.54) is 19.0 Å². The molecule has 88 valence electrons. The summed E-state index contributed by atoms with van der Waals surface area (Å²) < 4.78 is 9.83. The van der Waals surface area contributed by atoms with Crippen molar-refractivity contribution in [1.82, 2.24) is 5.01 Å². The Morgan fingerprint density at radius 3 is 2.40 bits per heavy atom. The van der Waals surface area contributed by atoms with Gasteiger partial charge in [-0.1, -0.05) is 13.8 Å². The van der Waals surface area contributed by atoms with E-state index in [1.54, 1.807) is 0 Å². The molecule has 0 aliphatic rings. The highest BCUT2D eigenvalue weighted by atomic mass is 16.6. The largest absolute Gasteiger partial charge is 0.440 e. The topological polar surface area (TPSA) is 68.2 Å². The highest BCUT2D eigenvalue weighted by molar-refractivity contribution is 5.66. The molecule has 6 heteroatoms. The first kappa shape index (κ1) is 13.8. The van der Waals surface area contributed by atoms with Gasteiger partial charge in [-0.25, -0.2) is 5.01 Å². The van der Waals surface area contributed by atoms with E-state index in [1.807, 2.05) is 13.8 Å². The molecule has 1 atom stereocenters. The molecule has 0 radical (unpaired) electrons. The van der Waals surface area contributed by atoms with Crippen molar-refractivity contribution >= 4 is 5.97 Å². The lowest BCUT2D eigenvalue weighted by molar-refractivity contribution is -0.162. The van der Waals surface area contributed by atoms with E-state index < -0.39 is 12.2 Å². The van der Waals surface area contributed by atoms with Gasteiger partial charge in [-0.05, 0) is 0 Å². The number of carbonyl (C=O) groups excluding carboxylic acids is 1. The summed E-state index contributed by atoms with van der Waals surface area (Å²) in [5.74, 6) is -0.441. The molecule has 0 aliphatic carbocycles. The van der Waals surface area contributed by atoms with Gasteiger partial charge in [-0.3, -0.25) is 4.79 Å². The van der Waals surface area contributed by atoms with Crippen molar-refractivity contribution in [2.75, 3.05) is 20.3 Å². The molecule has 0 rings (SSSR count). The van der Waals surface area contributed by atoms with Crippen LogP contribution in [-0.4, -0.2) is 37.5 Å². The molecule has 0 N–H and O–H groups in total. The Bertz CT molecular complexity index is 208. The Kier molecular flexibility index (Phi) is 6.61. The molecule has 0 aromatic heterocycles. The highest BCUT2D eigenvalue weighted by Gasteiger charge is 2.24. The van der Waals surface area contributed by atoms with Crippen LogP contribution in [0.15, 0.2) is 5.29 Å². The Hall–Kier alpha value is -1.17. The van der Waals surface area contributed by atoms with Crippen molar-refractivity contribution in [3.63, 3.8) is 0 Å². The summed E-state index contributed by atoms with van der Waals surface area (Å²) in [4.78, 5) is 21.4. The van der Waals surface area contributed by atoms with Crippen molar-refractivity contribution < 1.29 is 14.3 Å². The predicted octanol–water partition coefficient (Wildman–Crippen LogP) is 1.16. The van der Waals surface area contributed by atoms with Gasteiger partial charge in [0.2, 0.25) is 0 Å². The molecule has 0 amide bonds. The van der Waals surface area contributed by atoms with Crippen LogP contribution in [0.2, 0.25) is 0 Å². The van der Waals surface area contributed by atoms with Crippen molar-refractivity contribution in [3.05, 3.63) is 4.91 Å². The average molecular weight is 218 g/mol. The quantitative estimate of drug-likeness (QED) is 0.277. The summed E-state index contributed by atoms with van der Waals surface area (Å²) >= 11 is 0. The molecule has 0 fully saturated rings. The lowest BCUT2D eigenvalue weighted by Crippen LogP contribution is -2.40. The van der Waals surface area contributed by atoms with Gasteiger partial charge in [0.15, 0.2) is 6.23 Å². The highest BCUT2D eigenvalue weighted by Crippen LogP contribution is 2.12. The maximum atomic E-state index is 10.8. The predicted molar refractivity (Wildman–Crippen MR) is 54.8 cm³/mol. The standard InChI is InChI=1S/C9H18N2O4/c1-7(2)9(15-8(3)12)11(10-13)5-6-14-4/h7,9H,5-6H2,1-4H3. The minimum atomic E-state index is -0.629. The fourth-order valence-corrected chi connectivity index (χ4v) is 1.11. The summed E-state index contributed by atoms with van der Waals surface area (Å²) in [6, 6.07) is 0. The zero-order valence-electron chi connectivity index (χ0n) is 9.60. The zero-order chi connectivity index (χ0) is 11.8. The minimum Gasteiger partial charge on any atom is -0.440 e. The maximum Gasteiger partial charge on any atom is 0.304 e. The second-order valence-electron chi connectivity index (χ2n) is 3.48. The van der Waals surface area contributed by atoms with Gasteiger partial charge in [0.1, 0.15) is 0 Å². The number of esters is 1. The smallest absolute Gasteiger partial charge is 0.304 e. The fourth-order valence-electron chi connectivity index (χ4n) is 1.11. The van der Waals surface area contributed by atoms with Gasteiger partial charge in [-0.2, -0.15) is 0 Å². The van der Waals surface area contributed by atoms with Gasteiger partial charge < -0.3 is 9.47 Å². The van der Waals surface area contributed by atoms with Crippen LogP contribution in [0.5, 0.6) is 0 Å². The van der Waals surface area contributed by atoms with Crippen molar-refractivity contribution in [1.29, 1.82) is 0 Å². The third-order valence-electron chi connectivity index (χ3n) is 1.78. The molecule has 0 aromatic carbocycles. The zero-order valence-corrected chi connectivity index (χ0v) is 9.60. The Labute approximate surface area is 89.5 Å². The molecule has 0 heterocycles. The average Bonchev–Trinajstić information content (AvgIpc) is 2.16. The van der Waals surface area contributed by atoms with E-state index in [0.29, 0.717) is 13.2 Å². The van der Waals surface area contributed by atoms with Crippen LogP contribution in [-0.2, 0) is 14.3 Å². The molecule has 1 unspecified atom stereocenters. The van der Waals surface area contributed by atoms with Gasteiger partial charge in [0.05, 0.1) is 18.4 Å². The fraction of sp³-hybridized carbons (Fsp3) is 0.889. The summed E-state index contributed by atoms with van der Waals surface area (Å²) in [6.45, 7) is 5.65. The SMILES string of the molecule is COCCN(N=O)C(OC(C)=O)C(C)C. The first-order valence-electron chi connectivity index (χ1n) is 4.79. The van der Waals surface area contributed by atoms with Crippen LogP contribution in [0.4, 0.5) is 0 Å². The van der Waals surface area contributed by atoms with E-state index in [-0.39, 0.29) is 5.92 Å². The van der Waals surface area contributed by atoms with Gasteiger partial charge in [-0.15, -0.1) is 4.91 Å². The van der Waals surface area contributed by atoms with Gasteiger partial charge >= 0.3 is 5.97 Å². The number of carbonyl (C=O) groups is 1. The number of ether oxygens (including phenoxy) is 2. The van der Waals surface area contributed by atoms with E-state index in [2.05, 4.69) is 5.29 Å². The van der Waals surface area contributed by atoms with E-state index in [0.717, 1.165) is 0 Å². The number of nitroso groups, excluding NO2 is 1. The monoisotopic (exact) mass is 218 g/mol.